The molecule has 0 radical (unpaired) electrons. The zero-order valence-corrected chi connectivity index (χ0v) is 17.0. The van der Waals surface area contributed by atoms with Crippen molar-refractivity contribution in [2.75, 3.05) is 13.2 Å². The van der Waals surface area contributed by atoms with E-state index < -0.39 is 11.7 Å². The molecule has 7 heteroatoms. The van der Waals surface area contributed by atoms with E-state index in [2.05, 4.69) is 21.4 Å². The van der Waals surface area contributed by atoms with E-state index >= 15 is 0 Å². The van der Waals surface area contributed by atoms with Crippen molar-refractivity contribution in [3.05, 3.63) is 59.7 Å². The zero-order valence-electron chi connectivity index (χ0n) is 17.0. The van der Waals surface area contributed by atoms with E-state index in [9.17, 15) is 13.2 Å². The molecule has 0 bridgehead atoms. The molecule has 0 amide bonds. The molecule has 4 nitrogen and oxygen atoms in total. The van der Waals surface area contributed by atoms with Crippen LogP contribution in [0.2, 0.25) is 0 Å². The quantitative estimate of drug-likeness (QED) is 0.667. The standard InChI is InChI=1S/C23H28F3N3O/c24-23(25,26)19-6-12-27-15-18(19)16-28-13-9-21(20-5-1-4-11-29-20)10-14-30-22(17-21)7-2-3-8-22/h1,4-6,11-12,15,28H,2-3,7-10,13-14,16-17H2/t21-/m1/s1. The van der Waals surface area contributed by atoms with Gasteiger partial charge in [0.2, 0.25) is 0 Å². The van der Waals surface area contributed by atoms with Crippen molar-refractivity contribution in [3.63, 3.8) is 0 Å². The lowest BCUT2D eigenvalue weighted by molar-refractivity contribution is -0.138. The minimum atomic E-state index is -4.37. The Morgan fingerprint density at radius 1 is 1.07 bits per heavy atom. The Kier molecular flexibility index (Phi) is 6.11. The van der Waals surface area contributed by atoms with Gasteiger partial charge in [-0.1, -0.05) is 18.9 Å². The number of nitrogens with zero attached hydrogens (tertiary/aromatic N) is 2. The zero-order chi connectivity index (χ0) is 21.1. The number of halogens is 3. The normalized spacial score (nSPS) is 23.7. The summed E-state index contributed by atoms with van der Waals surface area (Å²) < 4.78 is 45.9. The van der Waals surface area contributed by atoms with E-state index in [1.807, 2.05) is 18.3 Å². The maximum Gasteiger partial charge on any atom is 0.416 e. The lowest BCUT2D eigenvalue weighted by Gasteiger charge is -2.46. The van der Waals surface area contributed by atoms with Crippen molar-refractivity contribution in [3.8, 4) is 0 Å². The predicted molar refractivity (Wildman–Crippen MR) is 108 cm³/mol. The summed E-state index contributed by atoms with van der Waals surface area (Å²) in [6.07, 6.45) is 7.12. The van der Waals surface area contributed by atoms with E-state index in [1.165, 1.54) is 25.2 Å². The van der Waals surface area contributed by atoms with Crippen LogP contribution < -0.4 is 5.32 Å². The third-order valence-corrected chi connectivity index (χ3v) is 6.68. The number of aromatic nitrogens is 2. The highest BCUT2D eigenvalue weighted by Crippen LogP contribution is 2.49. The van der Waals surface area contributed by atoms with Gasteiger partial charge in [0.05, 0.1) is 11.2 Å². The molecule has 1 aliphatic heterocycles. The summed E-state index contributed by atoms with van der Waals surface area (Å²) in [7, 11) is 0. The molecule has 1 saturated heterocycles. The number of hydrogen-bond acceptors (Lipinski definition) is 4. The lowest BCUT2D eigenvalue weighted by Crippen LogP contribution is -2.47. The summed E-state index contributed by atoms with van der Waals surface area (Å²) >= 11 is 0. The molecule has 1 aliphatic carbocycles. The summed E-state index contributed by atoms with van der Waals surface area (Å²) in [5.74, 6) is 0. The average Bonchev–Trinajstić information content (AvgIpc) is 3.19. The van der Waals surface area contributed by atoms with Crippen molar-refractivity contribution in [2.45, 2.75) is 68.7 Å². The van der Waals surface area contributed by atoms with Gasteiger partial charge >= 0.3 is 6.18 Å². The Hall–Kier alpha value is -1.99. The van der Waals surface area contributed by atoms with E-state index in [4.69, 9.17) is 4.74 Å². The first kappa shape index (κ1) is 21.2. The van der Waals surface area contributed by atoms with Crippen molar-refractivity contribution in [1.82, 2.24) is 15.3 Å². The molecule has 1 atom stereocenters. The lowest BCUT2D eigenvalue weighted by atomic mass is 9.68. The van der Waals surface area contributed by atoms with Gasteiger partial charge in [-0.15, -0.1) is 0 Å². The first-order chi connectivity index (χ1) is 14.4. The molecule has 0 unspecified atom stereocenters. The molecule has 4 rings (SSSR count). The van der Waals surface area contributed by atoms with Crippen LogP contribution >= 0.6 is 0 Å². The SMILES string of the molecule is FC(F)(F)c1ccncc1CNCC[C@@]1(c2ccccn2)CCOC2(CCCC2)C1. The van der Waals surface area contributed by atoms with Gasteiger partial charge in [-0.2, -0.15) is 13.2 Å². The van der Waals surface area contributed by atoms with Gasteiger partial charge in [0, 0.05) is 42.9 Å². The molecular formula is C23H28F3N3O. The van der Waals surface area contributed by atoms with Gasteiger partial charge in [-0.3, -0.25) is 9.97 Å². The van der Waals surface area contributed by atoms with Gasteiger partial charge in [0.25, 0.3) is 0 Å². The minimum absolute atomic E-state index is 0.0669. The van der Waals surface area contributed by atoms with Gasteiger partial charge in [0.15, 0.2) is 0 Å². The molecule has 0 aromatic carbocycles. The maximum atomic E-state index is 13.2. The third-order valence-electron chi connectivity index (χ3n) is 6.68. The number of hydrogen-bond donors (Lipinski definition) is 1. The second kappa shape index (κ2) is 8.63. The molecule has 30 heavy (non-hydrogen) atoms. The molecule has 3 heterocycles. The Morgan fingerprint density at radius 3 is 2.63 bits per heavy atom. The summed E-state index contributed by atoms with van der Waals surface area (Å²) in [4.78, 5) is 8.54. The summed E-state index contributed by atoms with van der Waals surface area (Å²) in [6.45, 7) is 1.46. The summed E-state index contributed by atoms with van der Waals surface area (Å²) in [5, 5.41) is 3.23. The molecule has 1 saturated carbocycles. The number of nitrogens with one attached hydrogen (secondary N) is 1. The van der Waals surface area contributed by atoms with Gasteiger partial charge in [-0.25, -0.2) is 0 Å². The van der Waals surface area contributed by atoms with Crippen LogP contribution in [0.3, 0.4) is 0 Å². The van der Waals surface area contributed by atoms with Crippen LogP contribution in [0.15, 0.2) is 42.9 Å². The second-order valence-electron chi connectivity index (χ2n) is 8.62. The highest BCUT2D eigenvalue weighted by Gasteiger charge is 2.48. The van der Waals surface area contributed by atoms with Crippen molar-refractivity contribution in [1.29, 1.82) is 0 Å². The van der Waals surface area contributed by atoms with Gasteiger partial charge in [-0.05, 0) is 62.4 Å². The number of ether oxygens (including phenoxy) is 1. The highest BCUT2D eigenvalue weighted by atomic mass is 19.4. The fraction of sp³-hybridized carbons (Fsp3) is 0.565. The molecule has 2 aromatic heterocycles. The Labute approximate surface area is 175 Å². The molecule has 162 valence electrons. The van der Waals surface area contributed by atoms with Crippen molar-refractivity contribution < 1.29 is 17.9 Å². The maximum absolute atomic E-state index is 13.2. The second-order valence-corrected chi connectivity index (χ2v) is 8.62. The largest absolute Gasteiger partial charge is 0.416 e. The fourth-order valence-electron chi connectivity index (χ4n) is 5.19. The van der Waals surface area contributed by atoms with Crippen LogP contribution in [0.4, 0.5) is 13.2 Å². The molecular weight excluding hydrogens is 391 g/mol. The Balaban J connectivity index is 1.47. The summed E-state index contributed by atoms with van der Waals surface area (Å²) in [6, 6.07) is 7.05. The van der Waals surface area contributed by atoms with Crippen LogP contribution in [0, 0.1) is 0 Å². The van der Waals surface area contributed by atoms with E-state index in [-0.39, 0.29) is 23.1 Å². The first-order valence-electron chi connectivity index (χ1n) is 10.7. The molecule has 2 aromatic rings. The van der Waals surface area contributed by atoms with Gasteiger partial charge in [0.1, 0.15) is 0 Å². The Morgan fingerprint density at radius 2 is 1.90 bits per heavy atom. The summed E-state index contributed by atoms with van der Waals surface area (Å²) in [5.41, 5.74) is 0.441. The molecule has 1 spiro atoms. The molecule has 2 fully saturated rings. The van der Waals surface area contributed by atoms with E-state index in [1.54, 1.807) is 0 Å². The first-order valence-corrected chi connectivity index (χ1v) is 10.7. The minimum Gasteiger partial charge on any atom is -0.375 e. The number of alkyl halides is 3. The average molecular weight is 419 g/mol. The van der Waals surface area contributed by atoms with Crippen LogP contribution in [0.25, 0.3) is 0 Å². The smallest absolute Gasteiger partial charge is 0.375 e. The van der Waals surface area contributed by atoms with Crippen LogP contribution in [-0.2, 0) is 22.9 Å². The predicted octanol–water partition coefficient (Wildman–Crippen LogP) is 5.04. The van der Waals surface area contributed by atoms with Crippen molar-refractivity contribution in [2.24, 2.45) is 0 Å². The molecule has 2 aliphatic rings. The number of pyridine rings is 2. The van der Waals surface area contributed by atoms with Gasteiger partial charge < -0.3 is 10.1 Å². The van der Waals surface area contributed by atoms with Crippen LogP contribution in [-0.4, -0.2) is 28.7 Å². The van der Waals surface area contributed by atoms with Crippen LogP contribution in [0.5, 0.6) is 0 Å². The van der Waals surface area contributed by atoms with Crippen LogP contribution in [0.1, 0.15) is 61.8 Å². The fourth-order valence-corrected chi connectivity index (χ4v) is 5.19. The van der Waals surface area contributed by atoms with Crippen molar-refractivity contribution >= 4 is 0 Å². The topological polar surface area (TPSA) is 47.0 Å². The Bertz CT molecular complexity index is 837. The monoisotopic (exact) mass is 419 g/mol. The molecule has 1 N–H and O–H groups in total. The van der Waals surface area contributed by atoms with E-state index in [0.717, 1.165) is 43.9 Å². The highest BCUT2D eigenvalue weighted by molar-refractivity contribution is 5.26. The third kappa shape index (κ3) is 4.52. The number of rotatable bonds is 6. The van der Waals surface area contributed by atoms with E-state index in [0.29, 0.717) is 13.2 Å².